The highest BCUT2D eigenvalue weighted by molar-refractivity contribution is 7.98. The molecule has 138 valence electrons. The number of halogens is 2. The molecular formula is C20H17ClFN3OS. The zero-order valence-electron chi connectivity index (χ0n) is 14.8. The number of hydrogen-bond donors (Lipinski definition) is 1. The molecule has 0 saturated carbocycles. The molecule has 0 atom stereocenters. The van der Waals surface area contributed by atoms with Crippen LogP contribution in [0.15, 0.2) is 53.8 Å². The van der Waals surface area contributed by atoms with E-state index in [-0.39, 0.29) is 16.5 Å². The van der Waals surface area contributed by atoms with Crippen molar-refractivity contribution in [1.29, 1.82) is 0 Å². The molecule has 0 spiro atoms. The first-order chi connectivity index (χ1) is 12.9. The van der Waals surface area contributed by atoms with Crippen molar-refractivity contribution in [3.05, 3.63) is 81.9 Å². The largest absolute Gasteiger partial charge is 0.320 e. The van der Waals surface area contributed by atoms with Gasteiger partial charge in [-0.25, -0.2) is 14.4 Å². The van der Waals surface area contributed by atoms with E-state index < -0.39 is 5.91 Å². The first-order valence-electron chi connectivity index (χ1n) is 8.21. The van der Waals surface area contributed by atoms with Gasteiger partial charge in [-0.1, -0.05) is 59.3 Å². The van der Waals surface area contributed by atoms with Gasteiger partial charge >= 0.3 is 0 Å². The first-order valence-corrected chi connectivity index (χ1v) is 9.58. The van der Waals surface area contributed by atoms with Gasteiger partial charge in [-0.05, 0) is 37.1 Å². The van der Waals surface area contributed by atoms with Crippen LogP contribution in [0.25, 0.3) is 0 Å². The van der Waals surface area contributed by atoms with E-state index in [2.05, 4.69) is 15.3 Å². The number of amides is 1. The van der Waals surface area contributed by atoms with Crippen molar-refractivity contribution in [1.82, 2.24) is 9.97 Å². The summed E-state index contributed by atoms with van der Waals surface area (Å²) in [4.78, 5) is 21.0. The maximum Gasteiger partial charge on any atom is 0.275 e. The van der Waals surface area contributed by atoms with Crippen LogP contribution in [0.2, 0.25) is 5.02 Å². The summed E-state index contributed by atoms with van der Waals surface area (Å²) < 4.78 is 13.7. The number of rotatable bonds is 5. The van der Waals surface area contributed by atoms with Crippen LogP contribution in [0, 0.1) is 19.7 Å². The summed E-state index contributed by atoms with van der Waals surface area (Å²) >= 11 is 7.35. The second-order valence-electron chi connectivity index (χ2n) is 6.00. The minimum absolute atomic E-state index is 0.0858. The Bertz CT molecular complexity index is 997. The van der Waals surface area contributed by atoms with Crippen molar-refractivity contribution in [2.75, 3.05) is 5.32 Å². The summed E-state index contributed by atoms with van der Waals surface area (Å²) in [5.41, 5.74) is 3.38. The molecule has 0 aliphatic heterocycles. The topological polar surface area (TPSA) is 54.9 Å². The SMILES string of the molecule is Cc1ccc(NC(=O)c2nc(SCc3ccccc3F)ncc2Cl)c(C)c1. The van der Waals surface area contributed by atoms with E-state index in [4.69, 9.17) is 11.6 Å². The van der Waals surface area contributed by atoms with Gasteiger partial charge in [0.15, 0.2) is 10.9 Å². The Morgan fingerprint density at radius 1 is 1.22 bits per heavy atom. The second-order valence-corrected chi connectivity index (χ2v) is 7.35. The van der Waals surface area contributed by atoms with E-state index in [1.807, 2.05) is 32.0 Å². The van der Waals surface area contributed by atoms with Gasteiger partial charge < -0.3 is 5.32 Å². The molecule has 0 saturated heterocycles. The zero-order chi connectivity index (χ0) is 19.4. The lowest BCUT2D eigenvalue weighted by Crippen LogP contribution is -2.16. The van der Waals surface area contributed by atoms with E-state index in [0.717, 1.165) is 11.1 Å². The van der Waals surface area contributed by atoms with Crippen LogP contribution in [0.5, 0.6) is 0 Å². The van der Waals surface area contributed by atoms with E-state index in [1.54, 1.807) is 18.2 Å². The number of benzene rings is 2. The van der Waals surface area contributed by atoms with Crippen molar-refractivity contribution < 1.29 is 9.18 Å². The van der Waals surface area contributed by atoms with E-state index in [1.165, 1.54) is 24.0 Å². The van der Waals surface area contributed by atoms with Crippen LogP contribution in [0.1, 0.15) is 27.2 Å². The van der Waals surface area contributed by atoms with Crippen LogP contribution in [0.3, 0.4) is 0 Å². The molecule has 0 unspecified atom stereocenters. The maximum atomic E-state index is 13.7. The third kappa shape index (κ3) is 4.84. The molecule has 1 amide bonds. The first kappa shape index (κ1) is 19.3. The van der Waals surface area contributed by atoms with E-state index >= 15 is 0 Å². The number of nitrogens with one attached hydrogen (secondary N) is 1. The van der Waals surface area contributed by atoms with Gasteiger partial charge in [0.2, 0.25) is 0 Å². The Morgan fingerprint density at radius 2 is 2.00 bits per heavy atom. The van der Waals surface area contributed by atoms with Gasteiger partial charge in [-0.3, -0.25) is 4.79 Å². The molecular weight excluding hydrogens is 385 g/mol. The third-order valence-corrected chi connectivity index (χ3v) is 5.07. The average molecular weight is 402 g/mol. The van der Waals surface area contributed by atoms with Gasteiger partial charge in [-0.2, -0.15) is 0 Å². The molecule has 27 heavy (non-hydrogen) atoms. The zero-order valence-corrected chi connectivity index (χ0v) is 16.4. The average Bonchev–Trinajstić information content (AvgIpc) is 2.64. The Labute approximate surface area is 166 Å². The van der Waals surface area contributed by atoms with E-state index in [9.17, 15) is 9.18 Å². The summed E-state index contributed by atoms with van der Waals surface area (Å²) in [6, 6.07) is 12.2. The summed E-state index contributed by atoms with van der Waals surface area (Å²) in [5.74, 6) is -0.347. The lowest BCUT2D eigenvalue weighted by atomic mass is 10.1. The summed E-state index contributed by atoms with van der Waals surface area (Å²) in [7, 11) is 0. The van der Waals surface area contributed by atoms with Crippen molar-refractivity contribution in [2.24, 2.45) is 0 Å². The Hall–Kier alpha value is -2.44. The monoisotopic (exact) mass is 401 g/mol. The molecule has 1 aromatic heterocycles. The van der Waals surface area contributed by atoms with Crippen molar-refractivity contribution in [3.63, 3.8) is 0 Å². The Kier molecular flexibility index (Phi) is 6.08. The highest BCUT2D eigenvalue weighted by Crippen LogP contribution is 2.24. The van der Waals surface area contributed by atoms with Crippen LogP contribution in [-0.4, -0.2) is 15.9 Å². The molecule has 1 N–H and O–H groups in total. The quantitative estimate of drug-likeness (QED) is 0.457. The van der Waals surface area contributed by atoms with Crippen LogP contribution in [-0.2, 0) is 5.75 Å². The molecule has 0 radical (unpaired) electrons. The lowest BCUT2D eigenvalue weighted by molar-refractivity contribution is 0.102. The number of anilines is 1. The fourth-order valence-electron chi connectivity index (χ4n) is 2.47. The van der Waals surface area contributed by atoms with Crippen LogP contribution < -0.4 is 5.32 Å². The summed E-state index contributed by atoms with van der Waals surface area (Å²) in [6.45, 7) is 3.90. The minimum atomic E-state index is -0.415. The number of aromatic nitrogens is 2. The fraction of sp³-hybridized carbons (Fsp3) is 0.150. The highest BCUT2D eigenvalue weighted by Gasteiger charge is 2.16. The molecule has 7 heteroatoms. The molecule has 4 nitrogen and oxygen atoms in total. The molecule has 0 aliphatic carbocycles. The van der Waals surface area contributed by atoms with Gasteiger partial charge in [0.1, 0.15) is 5.82 Å². The fourth-order valence-corrected chi connectivity index (χ4v) is 3.45. The molecule has 0 aliphatic rings. The molecule has 3 aromatic rings. The van der Waals surface area contributed by atoms with Crippen LogP contribution in [0.4, 0.5) is 10.1 Å². The van der Waals surface area contributed by atoms with Crippen molar-refractivity contribution >= 4 is 35.0 Å². The molecule has 0 fully saturated rings. The number of nitrogens with zero attached hydrogens (tertiary/aromatic N) is 2. The summed E-state index contributed by atoms with van der Waals surface area (Å²) in [5, 5.41) is 3.34. The van der Waals surface area contributed by atoms with E-state index in [0.29, 0.717) is 22.2 Å². The lowest BCUT2D eigenvalue weighted by Gasteiger charge is -2.10. The number of carbonyl (C=O) groups is 1. The number of hydrogen-bond acceptors (Lipinski definition) is 4. The molecule has 3 rings (SSSR count). The molecule has 1 heterocycles. The standard InChI is InChI=1S/C20H17ClFN3OS/c1-12-7-8-17(13(2)9-12)24-19(26)18-15(21)10-23-20(25-18)27-11-14-5-3-4-6-16(14)22/h3-10H,11H2,1-2H3,(H,24,26). The minimum Gasteiger partial charge on any atom is -0.320 e. The number of aryl methyl sites for hydroxylation is 2. The predicted octanol–water partition coefficient (Wildman–Crippen LogP) is 5.43. The molecule has 0 bridgehead atoms. The molecule has 2 aromatic carbocycles. The van der Waals surface area contributed by atoms with Crippen LogP contribution >= 0.6 is 23.4 Å². The summed E-state index contributed by atoms with van der Waals surface area (Å²) in [6.07, 6.45) is 1.38. The van der Waals surface area contributed by atoms with Gasteiger partial charge in [0.25, 0.3) is 5.91 Å². The highest BCUT2D eigenvalue weighted by atomic mass is 35.5. The smallest absolute Gasteiger partial charge is 0.275 e. The normalized spacial score (nSPS) is 10.7. The number of thioether (sulfide) groups is 1. The maximum absolute atomic E-state index is 13.7. The van der Waals surface area contributed by atoms with Crippen molar-refractivity contribution in [3.8, 4) is 0 Å². The van der Waals surface area contributed by atoms with Crippen molar-refractivity contribution in [2.45, 2.75) is 24.8 Å². The number of carbonyl (C=O) groups excluding carboxylic acids is 1. The second kappa shape index (κ2) is 8.50. The van der Waals surface area contributed by atoms with Gasteiger partial charge in [0.05, 0.1) is 11.2 Å². The Balaban J connectivity index is 1.76. The third-order valence-electron chi connectivity index (χ3n) is 3.88. The Morgan fingerprint density at radius 3 is 2.74 bits per heavy atom. The predicted molar refractivity (Wildman–Crippen MR) is 107 cm³/mol. The van der Waals surface area contributed by atoms with Gasteiger partial charge in [-0.15, -0.1) is 0 Å². The van der Waals surface area contributed by atoms with Gasteiger partial charge in [0, 0.05) is 11.4 Å².